The number of halogens is 1. The van der Waals surface area contributed by atoms with Gasteiger partial charge in [0, 0.05) is 18.5 Å². The fourth-order valence-electron chi connectivity index (χ4n) is 1.58. The average Bonchev–Trinajstić information content (AvgIpc) is 2.39. The first-order chi connectivity index (χ1) is 8.63. The molecule has 18 heavy (non-hydrogen) atoms. The Morgan fingerprint density at radius 1 is 1.44 bits per heavy atom. The van der Waals surface area contributed by atoms with Gasteiger partial charge in [-0.25, -0.2) is 0 Å². The van der Waals surface area contributed by atoms with Crippen molar-refractivity contribution in [2.45, 2.75) is 13.3 Å². The topological polar surface area (TPSA) is 47.6 Å². The first-order valence-corrected chi connectivity index (χ1v) is 6.27. The van der Waals surface area contributed by atoms with Crippen molar-refractivity contribution in [3.8, 4) is 11.5 Å². The number of methoxy groups -OCH3 is 1. The lowest BCUT2D eigenvalue weighted by Gasteiger charge is -2.14. The van der Waals surface area contributed by atoms with Crippen LogP contribution in [0.4, 0.5) is 0 Å². The van der Waals surface area contributed by atoms with Crippen LogP contribution in [-0.2, 0) is 0 Å². The van der Waals surface area contributed by atoms with E-state index < -0.39 is 0 Å². The summed E-state index contributed by atoms with van der Waals surface area (Å²) in [5.41, 5.74) is 1.42. The van der Waals surface area contributed by atoms with Gasteiger partial charge in [-0.1, -0.05) is 0 Å². The van der Waals surface area contributed by atoms with Gasteiger partial charge in [0.05, 0.1) is 13.7 Å². The minimum atomic E-state index is -0.149. The molecule has 0 unspecified atom stereocenters. The number of hydrogen-bond acceptors (Lipinski definition) is 3. The zero-order valence-electron chi connectivity index (χ0n) is 10.9. The third-order valence-corrected chi connectivity index (χ3v) is 2.74. The maximum Gasteiger partial charge on any atom is 0.251 e. The number of carbonyl (C=O) groups is 1. The number of alkyl halides is 1. The highest BCUT2D eigenvalue weighted by molar-refractivity contribution is 6.17. The molecule has 1 aromatic rings. The maximum absolute atomic E-state index is 11.6. The highest BCUT2D eigenvalue weighted by Crippen LogP contribution is 2.32. The van der Waals surface area contributed by atoms with Gasteiger partial charge >= 0.3 is 0 Å². The summed E-state index contributed by atoms with van der Waals surface area (Å²) < 4.78 is 10.9. The van der Waals surface area contributed by atoms with Gasteiger partial charge in [-0.15, -0.1) is 11.6 Å². The minimum absolute atomic E-state index is 0.149. The van der Waals surface area contributed by atoms with E-state index in [4.69, 9.17) is 21.1 Å². The largest absolute Gasteiger partial charge is 0.493 e. The molecule has 0 atom stereocenters. The van der Waals surface area contributed by atoms with Crippen LogP contribution in [0.3, 0.4) is 0 Å². The Labute approximate surface area is 112 Å². The molecule has 1 amide bonds. The van der Waals surface area contributed by atoms with Crippen molar-refractivity contribution < 1.29 is 14.3 Å². The summed E-state index contributed by atoms with van der Waals surface area (Å²) >= 11 is 5.60. The highest BCUT2D eigenvalue weighted by Gasteiger charge is 2.13. The molecular weight excluding hydrogens is 254 g/mol. The van der Waals surface area contributed by atoms with E-state index in [1.54, 1.807) is 26.3 Å². The van der Waals surface area contributed by atoms with E-state index >= 15 is 0 Å². The molecule has 1 rings (SSSR count). The van der Waals surface area contributed by atoms with E-state index in [1.165, 1.54) is 0 Å². The van der Waals surface area contributed by atoms with Gasteiger partial charge < -0.3 is 14.8 Å². The molecule has 1 N–H and O–H groups in total. The van der Waals surface area contributed by atoms with Crippen molar-refractivity contribution in [1.29, 1.82) is 0 Å². The maximum atomic E-state index is 11.6. The van der Waals surface area contributed by atoms with Crippen molar-refractivity contribution in [2.75, 3.05) is 26.6 Å². The molecule has 4 nitrogen and oxygen atoms in total. The number of amides is 1. The van der Waals surface area contributed by atoms with Gasteiger partial charge in [0.2, 0.25) is 0 Å². The Kier molecular flexibility index (Phi) is 5.78. The van der Waals surface area contributed by atoms with Crippen LogP contribution >= 0.6 is 11.6 Å². The minimum Gasteiger partial charge on any atom is -0.493 e. The molecule has 0 heterocycles. The van der Waals surface area contributed by atoms with Crippen LogP contribution in [0.1, 0.15) is 22.3 Å². The molecule has 0 fully saturated rings. The third kappa shape index (κ3) is 3.53. The number of rotatable bonds is 6. The van der Waals surface area contributed by atoms with Gasteiger partial charge in [-0.05, 0) is 31.0 Å². The Bertz CT molecular complexity index is 421. The zero-order valence-corrected chi connectivity index (χ0v) is 11.6. The normalized spacial score (nSPS) is 10.0. The zero-order chi connectivity index (χ0) is 13.5. The molecule has 0 bridgehead atoms. The third-order valence-electron chi connectivity index (χ3n) is 2.47. The van der Waals surface area contributed by atoms with E-state index in [0.29, 0.717) is 29.5 Å². The quantitative estimate of drug-likeness (QED) is 0.638. The summed E-state index contributed by atoms with van der Waals surface area (Å²) in [4.78, 5) is 11.6. The number of carbonyl (C=O) groups excluding carboxylic acids is 1. The molecule has 0 saturated heterocycles. The van der Waals surface area contributed by atoms with Crippen molar-refractivity contribution in [1.82, 2.24) is 5.32 Å². The number of benzene rings is 1. The number of hydrogen-bond donors (Lipinski definition) is 1. The summed E-state index contributed by atoms with van der Waals surface area (Å²) in [5, 5.41) is 2.58. The predicted octanol–water partition coefficient (Wildman–Crippen LogP) is 2.37. The van der Waals surface area contributed by atoms with Crippen LogP contribution < -0.4 is 14.8 Å². The van der Waals surface area contributed by atoms with Gasteiger partial charge in [-0.3, -0.25) is 4.79 Å². The Morgan fingerprint density at radius 3 is 2.72 bits per heavy atom. The predicted molar refractivity (Wildman–Crippen MR) is 72.0 cm³/mol. The lowest BCUT2D eigenvalue weighted by molar-refractivity contribution is 0.0962. The van der Waals surface area contributed by atoms with Crippen molar-refractivity contribution in [2.24, 2.45) is 0 Å². The van der Waals surface area contributed by atoms with Crippen molar-refractivity contribution >= 4 is 17.5 Å². The van der Waals surface area contributed by atoms with Crippen LogP contribution in [0.25, 0.3) is 0 Å². The fourth-order valence-corrected chi connectivity index (χ4v) is 1.69. The van der Waals surface area contributed by atoms with Gasteiger partial charge in [-0.2, -0.15) is 0 Å². The van der Waals surface area contributed by atoms with E-state index in [0.717, 1.165) is 12.0 Å². The number of aryl methyl sites for hydroxylation is 1. The SMILES string of the molecule is CNC(=O)c1cc(C)c(OCCCCl)c(OC)c1. The lowest BCUT2D eigenvalue weighted by Crippen LogP contribution is -2.18. The van der Waals surface area contributed by atoms with Crippen molar-refractivity contribution in [3.05, 3.63) is 23.3 Å². The molecule has 1 aromatic carbocycles. The Hall–Kier alpha value is -1.42. The molecule has 0 aliphatic rings. The smallest absolute Gasteiger partial charge is 0.251 e. The Morgan fingerprint density at radius 2 is 2.17 bits per heavy atom. The van der Waals surface area contributed by atoms with E-state index in [1.807, 2.05) is 6.92 Å². The fraction of sp³-hybridized carbons (Fsp3) is 0.462. The summed E-state index contributed by atoms with van der Waals surface area (Å²) in [6, 6.07) is 3.44. The number of nitrogens with one attached hydrogen (secondary N) is 1. The van der Waals surface area contributed by atoms with Gasteiger partial charge in [0.15, 0.2) is 11.5 Å². The summed E-state index contributed by atoms with van der Waals surface area (Å²) in [6.07, 6.45) is 0.765. The molecule has 0 aliphatic heterocycles. The molecule has 0 aromatic heterocycles. The molecular formula is C13H18ClNO3. The van der Waals surface area contributed by atoms with E-state index in [2.05, 4.69) is 5.32 Å². The summed E-state index contributed by atoms with van der Waals surface area (Å²) in [7, 11) is 3.14. The van der Waals surface area contributed by atoms with Crippen LogP contribution in [0.2, 0.25) is 0 Å². The molecule has 0 radical (unpaired) electrons. The monoisotopic (exact) mass is 271 g/mol. The second-order valence-electron chi connectivity index (χ2n) is 3.79. The molecule has 5 heteroatoms. The molecule has 0 spiro atoms. The molecule has 100 valence electrons. The summed E-state index contributed by atoms with van der Waals surface area (Å²) in [6.45, 7) is 2.41. The molecule has 0 aliphatic carbocycles. The van der Waals surface area contributed by atoms with E-state index in [-0.39, 0.29) is 5.91 Å². The van der Waals surface area contributed by atoms with Gasteiger partial charge in [0.1, 0.15) is 0 Å². The van der Waals surface area contributed by atoms with Crippen LogP contribution in [0.15, 0.2) is 12.1 Å². The first-order valence-electron chi connectivity index (χ1n) is 5.73. The highest BCUT2D eigenvalue weighted by atomic mass is 35.5. The summed E-state index contributed by atoms with van der Waals surface area (Å²) in [5.74, 6) is 1.62. The average molecular weight is 272 g/mol. The van der Waals surface area contributed by atoms with Gasteiger partial charge in [0.25, 0.3) is 5.91 Å². The number of ether oxygens (including phenoxy) is 2. The second kappa shape index (κ2) is 7.11. The van der Waals surface area contributed by atoms with E-state index in [9.17, 15) is 4.79 Å². The first kappa shape index (κ1) is 14.6. The second-order valence-corrected chi connectivity index (χ2v) is 4.17. The van der Waals surface area contributed by atoms with Crippen LogP contribution in [0, 0.1) is 6.92 Å². The van der Waals surface area contributed by atoms with Crippen molar-refractivity contribution in [3.63, 3.8) is 0 Å². The molecule has 0 saturated carbocycles. The Balaban J connectivity index is 3.00. The van der Waals surface area contributed by atoms with Crippen LogP contribution in [-0.4, -0.2) is 32.6 Å². The standard InChI is InChI=1S/C13H18ClNO3/c1-9-7-10(13(16)15-2)8-11(17-3)12(9)18-6-4-5-14/h7-8H,4-6H2,1-3H3,(H,15,16). The van der Waals surface area contributed by atoms with Crippen LogP contribution in [0.5, 0.6) is 11.5 Å². The lowest BCUT2D eigenvalue weighted by atomic mass is 10.1.